The molecule has 0 aliphatic carbocycles. The third-order valence-electron chi connectivity index (χ3n) is 5.67. The second kappa shape index (κ2) is 11.9. The molecule has 1 N–H and O–H groups in total. The van der Waals surface area contributed by atoms with Gasteiger partial charge in [-0.2, -0.15) is 4.31 Å². The van der Waals surface area contributed by atoms with Crippen molar-refractivity contribution in [3.8, 4) is 11.1 Å². The molecule has 1 atom stereocenters. The summed E-state index contributed by atoms with van der Waals surface area (Å²) >= 11 is 3.38. The first-order valence-corrected chi connectivity index (χ1v) is 13.4. The van der Waals surface area contributed by atoms with Crippen LogP contribution in [0.1, 0.15) is 26.2 Å². The predicted molar refractivity (Wildman–Crippen MR) is 132 cm³/mol. The van der Waals surface area contributed by atoms with Gasteiger partial charge in [0.15, 0.2) is 0 Å². The highest BCUT2D eigenvalue weighted by atomic mass is 79.9. The maximum Gasteiger partial charge on any atom is 0.323 e. The Hall–Kier alpha value is -2.27. The van der Waals surface area contributed by atoms with Gasteiger partial charge in [-0.25, -0.2) is 8.42 Å². The Morgan fingerprint density at radius 1 is 1.06 bits per heavy atom. The summed E-state index contributed by atoms with van der Waals surface area (Å²) in [5.74, 6) is -1.70. The van der Waals surface area contributed by atoms with E-state index in [4.69, 9.17) is 4.74 Å². The number of carbonyl (C=O) groups is 2. The molecule has 1 unspecified atom stereocenters. The van der Waals surface area contributed by atoms with E-state index >= 15 is 0 Å². The van der Waals surface area contributed by atoms with Crippen molar-refractivity contribution in [1.82, 2.24) is 9.21 Å². The molecule has 1 aliphatic rings. The number of hydrogen-bond donors (Lipinski definition) is 1. The van der Waals surface area contributed by atoms with Gasteiger partial charge in [0, 0.05) is 30.8 Å². The van der Waals surface area contributed by atoms with Gasteiger partial charge in [-0.1, -0.05) is 53.5 Å². The van der Waals surface area contributed by atoms with Gasteiger partial charge in [-0.05, 0) is 48.2 Å². The van der Waals surface area contributed by atoms with Gasteiger partial charge in [-0.3, -0.25) is 9.59 Å². The normalized spacial score (nSPS) is 17.2. The van der Waals surface area contributed by atoms with Crippen LogP contribution in [0.5, 0.6) is 0 Å². The monoisotopic (exact) mass is 552 g/mol. The quantitative estimate of drug-likeness (QED) is 0.427. The number of ether oxygens (including phenoxy) is 1. The van der Waals surface area contributed by atoms with E-state index in [1.165, 1.54) is 17.0 Å². The zero-order chi connectivity index (χ0) is 24.7. The van der Waals surface area contributed by atoms with E-state index in [0.29, 0.717) is 26.2 Å². The first kappa shape index (κ1) is 26.3. The average molecular weight is 553 g/mol. The molecule has 184 valence electrons. The Balaban J connectivity index is 1.71. The number of hydrogen-bond acceptors (Lipinski definition) is 5. The number of aliphatic carboxylic acids is 1. The van der Waals surface area contributed by atoms with E-state index in [2.05, 4.69) is 22.9 Å². The van der Waals surface area contributed by atoms with Crippen LogP contribution in [0.25, 0.3) is 11.1 Å². The van der Waals surface area contributed by atoms with E-state index in [9.17, 15) is 23.1 Å². The summed E-state index contributed by atoms with van der Waals surface area (Å²) in [5.41, 5.74) is 1.74. The fourth-order valence-electron chi connectivity index (χ4n) is 3.72. The van der Waals surface area contributed by atoms with Gasteiger partial charge in [-0.15, -0.1) is 0 Å². The van der Waals surface area contributed by atoms with Crippen LogP contribution in [0.3, 0.4) is 0 Å². The second-order valence-electron chi connectivity index (χ2n) is 8.09. The van der Waals surface area contributed by atoms with Gasteiger partial charge < -0.3 is 14.7 Å². The van der Waals surface area contributed by atoms with Crippen LogP contribution < -0.4 is 0 Å². The lowest BCUT2D eigenvalue weighted by atomic mass is 10.1. The first-order valence-electron chi connectivity index (χ1n) is 11.2. The van der Waals surface area contributed by atoms with Gasteiger partial charge in [0.2, 0.25) is 15.9 Å². The summed E-state index contributed by atoms with van der Waals surface area (Å²) in [6.45, 7) is 2.80. The molecule has 0 radical (unpaired) electrons. The zero-order valence-electron chi connectivity index (χ0n) is 19.0. The maximum atomic E-state index is 13.3. The molecule has 2 aromatic carbocycles. The summed E-state index contributed by atoms with van der Waals surface area (Å²) in [6, 6.07) is 12.5. The number of carboxylic acid groups (broad SMARTS) is 1. The molecule has 0 saturated carbocycles. The van der Waals surface area contributed by atoms with Crippen molar-refractivity contribution in [2.45, 2.75) is 37.1 Å². The number of sulfonamides is 1. The topological polar surface area (TPSA) is 104 Å². The van der Waals surface area contributed by atoms with E-state index in [1.807, 2.05) is 24.3 Å². The minimum Gasteiger partial charge on any atom is -0.480 e. The number of carboxylic acids is 1. The number of rotatable bonds is 11. The Labute approximate surface area is 208 Å². The third-order valence-corrected chi connectivity index (χ3v) is 8.06. The Morgan fingerprint density at radius 3 is 2.24 bits per heavy atom. The maximum absolute atomic E-state index is 13.3. The Bertz CT molecular complexity index is 1090. The van der Waals surface area contributed by atoms with Crippen LogP contribution in [-0.2, 0) is 24.3 Å². The largest absolute Gasteiger partial charge is 0.480 e. The fraction of sp³-hybridized carbons (Fsp3) is 0.417. The van der Waals surface area contributed by atoms with Crippen LogP contribution in [0.2, 0.25) is 0 Å². The summed E-state index contributed by atoms with van der Waals surface area (Å²) in [6.07, 6.45) is 2.55. The molecule has 1 saturated heterocycles. The number of unbranched alkanes of at least 4 members (excludes halogenated alkanes) is 1. The van der Waals surface area contributed by atoms with Crippen LogP contribution in [0, 0.1) is 0 Å². The van der Waals surface area contributed by atoms with E-state index in [1.54, 1.807) is 12.1 Å². The van der Waals surface area contributed by atoms with Crippen LogP contribution in [0.4, 0.5) is 0 Å². The molecule has 0 aromatic heterocycles. The summed E-state index contributed by atoms with van der Waals surface area (Å²) in [5, 5.41) is 9.73. The molecule has 8 nitrogen and oxygen atoms in total. The van der Waals surface area contributed by atoms with Gasteiger partial charge in [0.25, 0.3) is 0 Å². The number of nitrogens with zero attached hydrogens (tertiary/aromatic N) is 2. The van der Waals surface area contributed by atoms with E-state index in [0.717, 1.165) is 32.7 Å². The number of piperazine rings is 1. The van der Waals surface area contributed by atoms with E-state index < -0.39 is 34.5 Å². The molecule has 0 bridgehead atoms. The highest BCUT2D eigenvalue weighted by Gasteiger charge is 2.43. The smallest absolute Gasteiger partial charge is 0.323 e. The number of carbonyl (C=O) groups excluding carboxylic acids is 1. The van der Waals surface area contributed by atoms with Crippen molar-refractivity contribution < 1.29 is 27.9 Å². The second-order valence-corrected chi connectivity index (χ2v) is 10.9. The molecule has 3 rings (SSSR count). The average Bonchev–Trinajstić information content (AvgIpc) is 2.82. The summed E-state index contributed by atoms with van der Waals surface area (Å²) in [4.78, 5) is 26.0. The Morgan fingerprint density at radius 2 is 1.65 bits per heavy atom. The lowest BCUT2D eigenvalue weighted by molar-refractivity contribution is -0.148. The number of benzene rings is 2. The number of amides is 1. The third kappa shape index (κ3) is 6.44. The minimum absolute atomic E-state index is 0.0508. The lowest BCUT2D eigenvalue weighted by Crippen LogP contribution is -2.60. The van der Waals surface area contributed by atoms with Gasteiger partial charge in [0.1, 0.15) is 6.04 Å². The molecule has 1 heterocycles. The van der Waals surface area contributed by atoms with Gasteiger partial charge >= 0.3 is 5.97 Å². The van der Waals surface area contributed by atoms with Crippen LogP contribution in [-0.4, -0.2) is 73.5 Å². The van der Waals surface area contributed by atoms with Crippen LogP contribution >= 0.6 is 15.9 Å². The highest BCUT2D eigenvalue weighted by molar-refractivity contribution is 9.10. The molecule has 2 aromatic rings. The molecular formula is C24H29BrN2O6S. The standard InChI is InChI=1S/C24H29BrN2O6S/c1-2-3-14-33-15-4-13-26-16-22(24(29)30)27(17-23(26)28)34(31,32)21-11-7-19(8-12-21)18-5-9-20(25)10-6-18/h5-12,22H,2-4,13-17H2,1H3,(H,29,30). The number of halogens is 1. The van der Waals surface area contributed by atoms with Crippen molar-refractivity contribution in [3.05, 3.63) is 53.0 Å². The van der Waals surface area contributed by atoms with Crippen LogP contribution in [0.15, 0.2) is 57.9 Å². The van der Waals surface area contributed by atoms with Crippen molar-refractivity contribution >= 4 is 37.8 Å². The van der Waals surface area contributed by atoms with Crippen molar-refractivity contribution in [3.63, 3.8) is 0 Å². The molecule has 0 spiro atoms. The summed E-state index contributed by atoms with van der Waals surface area (Å²) < 4.78 is 33.8. The highest BCUT2D eigenvalue weighted by Crippen LogP contribution is 2.26. The molecule has 10 heteroatoms. The molecule has 1 amide bonds. The lowest BCUT2D eigenvalue weighted by Gasteiger charge is -2.38. The van der Waals surface area contributed by atoms with E-state index in [-0.39, 0.29) is 11.4 Å². The molecule has 34 heavy (non-hydrogen) atoms. The van der Waals surface area contributed by atoms with Crippen molar-refractivity contribution in [2.24, 2.45) is 0 Å². The molecule has 1 fully saturated rings. The van der Waals surface area contributed by atoms with Gasteiger partial charge in [0.05, 0.1) is 11.4 Å². The molecular weight excluding hydrogens is 524 g/mol. The SMILES string of the molecule is CCCCOCCCN1CC(C(=O)O)N(S(=O)(=O)c2ccc(-c3ccc(Br)cc3)cc2)CC1=O. The first-order chi connectivity index (χ1) is 16.2. The predicted octanol–water partition coefficient (Wildman–Crippen LogP) is 3.61. The Kier molecular flexibility index (Phi) is 9.24. The molecule has 1 aliphatic heterocycles. The fourth-order valence-corrected chi connectivity index (χ4v) is 5.51. The van der Waals surface area contributed by atoms with Crippen molar-refractivity contribution in [1.29, 1.82) is 0 Å². The summed E-state index contributed by atoms with van der Waals surface area (Å²) in [7, 11) is -4.18. The zero-order valence-corrected chi connectivity index (χ0v) is 21.4. The van der Waals surface area contributed by atoms with Crippen molar-refractivity contribution in [2.75, 3.05) is 32.8 Å². The minimum atomic E-state index is -4.18.